The molecule has 2 fully saturated rings. The molecule has 2 aromatic heterocycles. The van der Waals surface area contributed by atoms with Crippen molar-refractivity contribution in [3.05, 3.63) is 47.0 Å². The van der Waals surface area contributed by atoms with Crippen LogP contribution in [-0.2, 0) is 6.18 Å². The van der Waals surface area contributed by atoms with Crippen LogP contribution in [0.25, 0.3) is 0 Å². The minimum Gasteiger partial charge on any atom is -0.493 e. The normalized spacial score (nSPS) is 19.6. The molecule has 1 saturated carbocycles. The van der Waals surface area contributed by atoms with E-state index >= 15 is 0 Å². The minimum absolute atomic E-state index is 0.0190. The number of pyridine rings is 2. The highest BCUT2D eigenvalue weighted by Crippen LogP contribution is 2.57. The van der Waals surface area contributed by atoms with Gasteiger partial charge in [0.05, 0.1) is 23.4 Å². The van der Waals surface area contributed by atoms with Crippen molar-refractivity contribution in [3.8, 4) is 5.75 Å². The van der Waals surface area contributed by atoms with Crippen molar-refractivity contribution in [2.45, 2.75) is 32.0 Å². The van der Waals surface area contributed by atoms with Crippen LogP contribution < -0.4 is 9.64 Å². The third-order valence-corrected chi connectivity index (χ3v) is 5.97. The lowest BCUT2D eigenvalue weighted by Crippen LogP contribution is -2.63. The Hall–Kier alpha value is -2.06. The first-order chi connectivity index (χ1) is 13.7. The summed E-state index contributed by atoms with van der Waals surface area (Å²) in [5.74, 6) is 0.645. The third-order valence-electron chi connectivity index (χ3n) is 5.76. The fraction of sp³-hybridized carbons (Fsp3) is 0.500. The summed E-state index contributed by atoms with van der Waals surface area (Å²) in [7, 11) is 0. The monoisotopic (exact) mass is 427 g/mol. The molecule has 2 aliphatic rings. The second kappa shape index (κ2) is 7.32. The van der Waals surface area contributed by atoms with Gasteiger partial charge >= 0.3 is 6.18 Å². The van der Waals surface area contributed by atoms with E-state index in [-0.39, 0.29) is 22.0 Å². The highest BCUT2D eigenvalue weighted by Gasteiger charge is 2.55. The number of aliphatic hydroxyl groups excluding tert-OH is 1. The van der Waals surface area contributed by atoms with Crippen LogP contribution in [0.15, 0.2) is 30.7 Å². The van der Waals surface area contributed by atoms with Crippen molar-refractivity contribution < 1.29 is 23.0 Å². The molecule has 5 nitrogen and oxygen atoms in total. The van der Waals surface area contributed by atoms with Gasteiger partial charge in [-0.15, -0.1) is 0 Å². The fourth-order valence-corrected chi connectivity index (χ4v) is 4.66. The van der Waals surface area contributed by atoms with Gasteiger partial charge in [0.2, 0.25) is 0 Å². The van der Waals surface area contributed by atoms with E-state index in [9.17, 15) is 18.3 Å². The maximum atomic E-state index is 13.3. The summed E-state index contributed by atoms with van der Waals surface area (Å²) >= 11 is 5.88. The summed E-state index contributed by atoms with van der Waals surface area (Å²) in [6, 6.07) is 3.05. The van der Waals surface area contributed by atoms with Gasteiger partial charge < -0.3 is 14.7 Å². The van der Waals surface area contributed by atoms with E-state index in [0.29, 0.717) is 31.0 Å². The third kappa shape index (κ3) is 3.75. The van der Waals surface area contributed by atoms with Gasteiger partial charge in [-0.3, -0.25) is 4.98 Å². The molecular weight excluding hydrogens is 407 g/mol. The average Bonchev–Trinajstić information content (AvgIpc) is 2.59. The van der Waals surface area contributed by atoms with Gasteiger partial charge in [-0.1, -0.05) is 11.6 Å². The standard InChI is InChI=1S/C20H21ClF3N3O2/c1-2-29-16-3-4-25-9-14(16)17(28)12-6-19(7-12)10-27(11-19)15-5-13(21)8-26-18(15)20(22,23)24/h3-5,8-9,12,17,28H,2,6-7,10-11H2,1H3. The number of ether oxygens (including phenoxy) is 1. The summed E-state index contributed by atoms with van der Waals surface area (Å²) in [4.78, 5) is 9.24. The molecule has 3 heterocycles. The van der Waals surface area contributed by atoms with Gasteiger partial charge in [0.15, 0.2) is 5.69 Å². The molecule has 1 spiro atoms. The van der Waals surface area contributed by atoms with Crippen LogP contribution in [0.2, 0.25) is 5.02 Å². The lowest BCUT2D eigenvalue weighted by Gasteiger charge is -2.61. The quantitative estimate of drug-likeness (QED) is 0.761. The molecule has 1 atom stereocenters. The smallest absolute Gasteiger partial charge is 0.435 e. The van der Waals surface area contributed by atoms with E-state index in [0.717, 1.165) is 19.0 Å². The average molecular weight is 428 g/mol. The highest BCUT2D eigenvalue weighted by atomic mass is 35.5. The Morgan fingerprint density at radius 1 is 1.34 bits per heavy atom. The maximum Gasteiger partial charge on any atom is 0.435 e. The van der Waals surface area contributed by atoms with Crippen LogP contribution in [0.5, 0.6) is 5.75 Å². The number of aromatic nitrogens is 2. The molecule has 4 rings (SSSR count). The number of hydrogen-bond donors (Lipinski definition) is 1. The number of halogens is 4. The number of alkyl halides is 3. The molecule has 9 heteroatoms. The first kappa shape index (κ1) is 20.2. The van der Waals surface area contributed by atoms with E-state index in [1.54, 1.807) is 23.4 Å². The van der Waals surface area contributed by atoms with E-state index < -0.39 is 18.0 Å². The Kier molecular flexibility index (Phi) is 5.11. The van der Waals surface area contributed by atoms with Gasteiger partial charge in [0.1, 0.15) is 5.75 Å². The number of hydrogen-bond acceptors (Lipinski definition) is 5. The van der Waals surface area contributed by atoms with Crippen molar-refractivity contribution in [2.75, 3.05) is 24.6 Å². The molecule has 1 aliphatic heterocycles. The molecule has 1 saturated heterocycles. The zero-order valence-electron chi connectivity index (χ0n) is 15.8. The van der Waals surface area contributed by atoms with Crippen LogP contribution in [-0.4, -0.2) is 34.8 Å². The second-order valence-corrected chi connectivity index (χ2v) is 8.27. The maximum absolute atomic E-state index is 13.3. The molecule has 0 radical (unpaired) electrons. The zero-order chi connectivity index (χ0) is 20.8. The van der Waals surface area contributed by atoms with Crippen molar-refractivity contribution >= 4 is 17.3 Å². The number of anilines is 1. The summed E-state index contributed by atoms with van der Waals surface area (Å²) in [6.07, 6.45) is 0.482. The molecular formula is C20H21ClF3N3O2. The van der Waals surface area contributed by atoms with Crippen LogP contribution in [0.3, 0.4) is 0 Å². The molecule has 0 bridgehead atoms. The SMILES string of the molecule is CCOc1ccncc1C(O)C1CC2(C1)CN(c1cc(Cl)cnc1C(F)(F)F)C2. The van der Waals surface area contributed by atoms with Crippen LogP contribution in [0, 0.1) is 11.3 Å². The highest BCUT2D eigenvalue weighted by molar-refractivity contribution is 6.30. The topological polar surface area (TPSA) is 58.5 Å². The summed E-state index contributed by atoms with van der Waals surface area (Å²) in [6.45, 7) is 3.35. The van der Waals surface area contributed by atoms with Crippen molar-refractivity contribution in [3.63, 3.8) is 0 Å². The fourth-order valence-electron chi connectivity index (χ4n) is 4.51. The summed E-state index contributed by atoms with van der Waals surface area (Å²) in [5.41, 5.74) is -0.316. The Labute approximate surface area is 171 Å². The van der Waals surface area contributed by atoms with Gasteiger partial charge in [-0.25, -0.2) is 4.98 Å². The first-order valence-electron chi connectivity index (χ1n) is 9.45. The Morgan fingerprint density at radius 3 is 2.72 bits per heavy atom. The van der Waals surface area contributed by atoms with Crippen LogP contribution in [0.1, 0.15) is 37.1 Å². The number of rotatable bonds is 5. The molecule has 29 heavy (non-hydrogen) atoms. The van der Waals surface area contributed by atoms with Gasteiger partial charge in [0, 0.05) is 42.7 Å². The second-order valence-electron chi connectivity index (χ2n) is 7.83. The number of nitrogens with zero attached hydrogens (tertiary/aromatic N) is 3. The zero-order valence-corrected chi connectivity index (χ0v) is 16.5. The Balaban J connectivity index is 1.42. The molecule has 1 unspecified atom stereocenters. The molecule has 2 aromatic rings. The summed E-state index contributed by atoms with van der Waals surface area (Å²) < 4.78 is 45.4. The lowest BCUT2D eigenvalue weighted by atomic mass is 9.55. The van der Waals surface area contributed by atoms with Crippen molar-refractivity contribution in [2.24, 2.45) is 11.3 Å². The van der Waals surface area contributed by atoms with Crippen LogP contribution in [0.4, 0.5) is 18.9 Å². The van der Waals surface area contributed by atoms with Gasteiger partial charge in [-0.05, 0) is 37.8 Å². The van der Waals surface area contributed by atoms with Gasteiger partial charge in [-0.2, -0.15) is 13.2 Å². The van der Waals surface area contributed by atoms with Crippen LogP contribution >= 0.6 is 11.6 Å². The van der Waals surface area contributed by atoms with E-state index in [4.69, 9.17) is 16.3 Å². The Morgan fingerprint density at radius 2 is 2.07 bits per heavy atom. The summed E-state index contributed by atoms with van der Waals surface area (Å²) in [5, 5.41) is 10.9. The van der Waals surface area contributed by atoms with E-state index in [1.807, 2.05) is 6.92 Å². The predicted octanol–water partition coefficient (Wildman–Crippen LogP) is 4.50. The molecule has 1 aliphatic carbocycles. The van der Waals surface area contributed by atoms with E-state index in [2.05, 4.69) is 9.97 Å². The largest absolute Gasteiger partial charge is 0.493 e. The predicted molar refractivity (Wildman–Crippen MR) is 102 cm³/mol. The van der Waals surface area contributed by atoms with Crippen molar-refractivity contribution in [1.29, 1.82) is 0 Å². The molecule has 1 N–H and O–H groups in total. The van der Waals surface area contributed by atoms with Crippen molar-refractivity contribution in [1.82, 2.24) is 9.97 Å². The lowest BCUT2D eigenvalue weighted by molar-refractivity contribution is -0.141. The van der Waals surface area contributed by atoms with E-state index in [1.165, 1.54) is 6.07 Å². The minimum atomic E-state index is -4.53. The molecule has 0 aromatic carbocycles. The Bertz CT molecular complexity index is 895. The molecule has 0 amide bonds. The first-order valence-corrected chi connectivity index (χ1v) is 9.83. The molecule has 156 valence electrons. The number of aliphatic hydroxyl groups is 1. The van der Waals surface area contributed by atoms with Gasteiger partial charge in [0.25, 0.3) is 0 Å².